The molecule has 3 rings (SSSR count). The van der Waals surface area contributed by atoms with Gasteiger partial charge in [-0.25, -0.2) is 4.39 Å². The molecule has 18 heavy (non-hydrogen) atoms. The van der Waals surface area contributed by atoms with Gasteiger partial charge in [0.25, 0.3) is 0 Å². The highest BCUT2D eigenvalue weighted by atomic mass is 32.1. The highest BCUT2D eigenvalue weighted by Crippen LogP contribution is 2.27. The second kappa shape index (κ2) is 4.78. The third-order valence-electron chi connectivity index (χ3n) is 2.78. The summed E-state index contributed by atoms with van der Waals surface area (Å²) in [6.07, 6.45) is 0. The maximum Gasteiger partial charge on any atom is 0.165 e. The first kappa shape index (κ1) is 11.2. The van der Waals surface area contributed by atoms with Gasteiger partial charge in [0.05, 0.1) is 0 Å². The smallest absolute Gasteiger partial charge is 0.165 e. The zero-order valence-corrected chi connectivity index (χ0v) is 10.4. The van der Waals surface area contributed by atoms with Gasteiger partial charge in [-0.3, -0.25) is 0 Å². The van der Waals surface area contributed by atoms with Crippen molar-refractivity contribution in [3.8, 4) is 5.75 Å². The lowest BCUT2D eigenvalue weighted by atomic mass is 10.2. The Bertz CT molecular complexity index is 675. The van der Waals surface area contributed by atoms with E-state index in [9.17, 15) is 4.39 Å². The molecule has 3 aromatic rings. The van der Waals surface area contributed by atoms with E-state index in [1.165, 1.54) is 16.2 Å². The van der Waals surface area contributed by atoms with Gasteiger partial charge in [-0.05, 0) is 29.0 Å². The van der Waals surface area contributed by atoms with E-state index in [-0.39, 0.29) is 5.82 Å². The van der Waals surface area contributed by atoms with E-state index in [4.69, 9.17) is 4.74 Å². The van der Waals surface area contributed by atoms with Crippen LogP contribution in [0.1, 0.15) is 5.56 Å². The van der Waals surface area contributed by atoms with Crippen LogP contribution in [0.5, 0.6) is 5.75 Å². The van der Waals surface area contributed by atoms with Crippen LogP contribution >= 0.6 is 11.3 Å². The molecule has 0 aliphatic heterocycles. The molecular weight excluding hydrogens is 247 g/mol. The molecule has 1 nitrogen and oxygen atoms in total. The molecule has 0 fully saturated rings. The van der Waals surface area contributed by atoms with Crippen molar-refractivity contribution in [3.63, 3.8) is 0 Å². The summed E-state index contributed by atoms with van der Waals surface area (Å²) in [5, 5.41) is 3.24. The minimum atomic E-state index is -0.322. The summed E-state index contributed by atoms with van der Waals surface area (Å²) in [7, 11) is 0. The monoisotopic (exact) mass is 258 g/mol. The van der Waals surface area contributed by atoms with Crippen molar-refractivity contribution >= 4 is 21.4 Å². The lowest BCUT2D eigenvalue weighted by Crippen LogP contribution is -1.96. The van der Waals surface area contributed by atoms with Gasteiger partial charge in [0.15, 0.2) is 11.6 Å². The number of benzene rings is 2. The third kappa shape index (κ3) is 2.09. The van der Waals surface area contributed by atoms with Gasteiger partial charge in [-0.2, -0.15) is 0 Å². The highest BCUT2D eigenvalue weighted by Gasteiger charge is 2.06. The topological polar surface area (TPSA) is 9.23 Å². The molecule has 0 aliphatic carbocycles. The second-order valence-corrected chi connectivity index (χ2v) is 4.89. The molecule has 0 saturated carbocycles. The summed E-state index contributed by atoms with van der Waals surface area (Å²) < 4.78 is 20.2. The van der Waals surface area contributed by atoms with Crippen LogP contribution in [0.4, 0.5) is 4.39 Å². The lowest BCUT2D eigenvalue weighted by molar-refractivity contribution is 0.292. The van der Waals surface area contributed by atoms with E-state index in [0.29, 0.717) is 12.4 Å². The Labute approximate surface area is 108 Å². The Morgan fingerprint density at radius 3 is 2.67 bits per heavy atom. The van der Waals surface area contributed by atoms with Crippen molar-refractivity contribution in [3.05, 3.63) is 65.3 Å². The van der Waals surface area contributed by atoms with Gasteiger partial charge in [-0.1, -0.05) is 30.3 Å². The van der Waals surface area contributed by atoms with Crippen LogP contribution in [0.25, 0.3) is 10.1 Å². The maximum absolute atomic E-state index is 13.4. The molecule has 2 aromatic carbocycles. The summed E-state index contributed by atoms with van der Waals surface area (Å²) in [6, 6.07) is 14.6. The minimum absolute atomic E-state index is 0.299. The van der Waals surface area contributed by atoms with E-state index in [0.717, 1.165) is 5.56 Å². The number of hydrogen-bond donors (Lipinski definition) is 0. The summed E-state index contributed by atoms with van der Waals surface area (Å²) >= 11 is 1.68. The zero-order valence-electron chi connectivity index (χ0n) is 9.60. The van der Waals surface area contributed by atoms with Crippen LogP contribution < -0.4 is 4.74 Å². The third-order valence-corrected chi connectivity index (χ3v) is 3.79. The molecule has 0 N–H and O–H groups in total. The Morgan fingerprint density at radius 1 is 1.00 bits per heavy atom. The normalized spacial score (nSPS) is 10.7. The molecule has 0 atom stereocenters. The maximum atomic E-state index is 13.4. The second-order valence-electron chi connectivity index (χ2n) is 3.98. The first-order chi connectivity index (χ1) is 8.84. The number of fused-ring (bicyclic) bond motifs is 1. The van der Waals surface area contributed by atoms with E-state index in [1.807, 2.05) is 12.1 Å². The first-order valence-corrected chi connectivity index (χ1v) is 6.55. The number of halogens is 1. The fourth-order valence-corrected chi connectivity index (χ4v) is 2.81. The average Bonchev–Trinajstić information content (AvgIpc) is 2.81. The predicted molar refractivity (Wildman–Crippen MR) is 72.6 cm³/mol. The average molecular weight is 258 g/mol. The quantitative estimate of drug-likeness (QED) is 0.666. The van der Waals surface area contributed by atoms with Crippen LogP contribution in [0.3, 0.4) is 0 Å². The molecule has 0 spiro atoms. The molecule has 0 bridgehead atoms. The van der Waals surface area contributed by atoms with E-state index in [2.05, 4.69) is 17.5 Å². The molecule has 0 aliphatic rings. The molecule has 90 valence electrons. The van der Waals surface area contributed by atoms with Crippen molar-refractivity contribution in [1.82, 2.24) is 0 Å². The highest BCUT2D eigenvalue weighted by molar-refractivity contribution is 7.17. The summed E-state index contributed by atoms with van der Waals surface area (Å²) in [5.74, 6) is -0.0233. The van der Waals surface area contributed by atoms with Crippen molar-refractivity contribution in [2.75, 3.05) is 0 Å². The number of para-hydroxylation sites is 1. The SMILES string of the molecule is Fc1ccccc1OCc1csc2ccccc12. The van der Waals surface area contributed by atoms with Gasteiger partial charge < -0.3 is 4.74 Å². The van der Waals surface area contributed by atoms with Gasteiger partial charge in [0, 0.05) is 10.3 Å². The number of hydrogen-bond acceptors (Lipinski definition) is 2. The fourth-order valence-electron chi connectivity index (χ4n) is 1.86. The Balaban J connectivity index is 1.83. The van der Waals surface area contributed by atoms with Crippen LogP contribution in [0.2, 0.25) is 0 Å². The Morgan fingerprint density at radius 2 is 1.78 bits per heavy atom. The van der Waals surface area contributed by atoms with Gasteiger partial charge in [0.1, 0.15) is 6.61 Å². The summed E-state index contributed by atoms with van der Waals surface area (Å²) in [4.78, 5) is 0. The zero-order chi connectivity index (χ0) is 12.4. The predicted octanol–water partition coefficient (Wildman–Crippen LogP) is 4.62. The minimum Gasteiger partial charge on any atom is -0.486 e. The molecule has 0 unspecified atom stereocenters. The van der Waals surface area contributed by atoms with Crippen LogP contribution in [-0.2, 0) is 6.61 Å². The van der Waals surface area contributed by atoms with Crippen LogP contribution in [0, 0.1) is 5.82 Å². The Hall–Kier alpha value is -1.87. The molecule has 1 heterocycles. The number of ether oxygens (including phenoxy) is 1. The van der Waals surface area contributed by atoms with Gasteiger partial charge >= 0.3 is 0 Å². The molecular formula is C15H11FOS. The molecule has 0 amide bonds. The molecule has 1 aromatic heterocycles. The van der Waals surface area contributed by atoms with E-state index < -0.39 is 0 Å². The van der Waals surface area contributed by atoms with Crippen molar-refractivity contribution in [2.24, 2.45) is 0 Å². The molecule has 0 radical (unpaired) electrons. The van der Waals surface area contributed by atoms with E-state index in [1.54, 1.807) is 29.5 Å². The van der Waals surface area contributed by atoms with Gasteiger partial charge in [0.2, 0.25) is 0 Å². The summed E-state index contributed by atoms with van der Waals surface area (Å²) in [6.45, 7) is 0.394. The van der Waals surface area contributed by atoms with Crippen LogP contribution in [0.15, 0.2) is 53.9 Å². The number of rotatable bonds is 3. The fraction of sp³-hybridized carbons (Fsp3) is 0.0667. The standard InChI is InChI=1S/C15H11FOS/c16-13-6-2-3-7-14(13)17-9-11-10-18-15-8-4-1-5-12(11)15/h1-8,10H,9H2. The number of thiophene rings is 1. The summed E-state index contributed by atoms with van der Waals surface area (Å²) in [5.41, 5.74) is 1.10. The first-order valence-electron chi connectivity index (χ1n) is 5.67. The van der Waals surface area contributed by atoms with Gasteiger partial charge in [-0.15, -0.1) is 11.3 Å². The molecule has 0 saturated heterocycles. The largest absolute Gasteiger partial charge is 0.486 e. The Kier molecular flexibility index (Phi) is 2.99. The van der Waals surface area contributed by atoms with Crippen LogP contribution in [-0.4, -0.2) is 0 Å². The van der Waals surface area contributed by atoms with Crippen molar-refractivity contribution < 1.29 is 9.13 Å². The van der Waals surface area contributed by atoms with Crippen molar-refractivity contribution in [1.29, 1.82) is 0 Å². The van der Waals surface area contributed by atoms with Crippen molar-refractivity contribution in [2.45, 2.75) is 6.61 Å². The molecule has 3 heteroatoms. The lowest BCUT2D eigenvalue weighted by Gasteiger charge is -2.06. The van der Waals surface area contributed by atoms with E-state index >= 15 is 0 Å².